The largest absolute Gasteiger partial charge is 1.00 e. The van der Waals surface area contributed by atoms with Crippen molar-refractivity contribution >= 4 is 11.0 Å². The summed E-state index contributed by atoms with van der Waals surface area (Å²) in [4.78, 5) is 0. The fraction of sp³-hybridized carbons (Fsp3) is 0. The van der Waals surface area contributed by atoms with Crippen LogP contribution in [0.4, 0.5) is 0 Å². The van der Waals surface area contributed by atoms with E-state index in [1.165, 1.54) is 0 Å². The van der Waals surface area contributed by atoms with Gasteiger partial charge in [0.05, 0.1) is 0 Å². The molecule has 0 atom stereocenters. The molecule has 0 spiro atoms. The second kappa shape index (κ2) is 18.0. The first-order valence-electron chi connectivity index (χ1n) is 0. The predicted octanol–water partition coefficient (Wildman–Crippen LogP) is -1.08. The van der Waals surface area contributed by atoms with E-state index in [2.05, 4.69) is 0 Å². The molecular weight excluding hydrogens is 282 g/mol. The van der Waals surface area contributed by atoms with Crippen molar-refractivity contribution in [3.8, 4) is 0 Å². The predicted molar refractivity (Wildman–Crippen MR) is 11.1 cm³/mol. The first kappa shape index (κ1) is 32.0. The molecule has 0 heterocycles. The van der Waals surface area contributed by atoms with Crippen LogP contribution >= 0.6 is 0 Å². The van der Waals surface area contributed by atoms with Gasteiger partial charge in [0, 0.05) is 69.4 Å². The maximum absolute atomic E-state index is 0. The summed E-state index contributed by atoms with van der Waals surface area (Å²) in [6, 6.07) is 0. The smallest absolute Gasteiger partial charge is 0.0125 e. The molecule has 0 aromatic carbocycles. The van der Waals surface area contributed by atoms with Gasteiger partial charge in [-0.05, 0) is 11.0 Å². The van der Waals surface area contributed by atoms with Gasteiger partial charge in [-0.25, -0.2) is 0 Å². The molecule has 0 nitrogen and oxygen atoms in total. The number of hydrogen-bond acceptors (Lipinski definition) is 0. The van der Waals surface area contributed by atoms with Crippen molar-refractivity contribution in [3.05, 3.63) is 0 Å². The van der Waals surface area contributed by atoms with Crippen molar-refractivity contribution in [3.63, 3.8) is 0 Å². The van der Waals surface area contributed by atoms with Crippen molar-refractivity contribution in [2.75, 3.05) is 0 Å². The van der Waals surface area contributed by atoms with Crippen molar-refractivity contribution in [2.45, 2.75) is 0 Å². The molecule has 0 saturated heterocycles. The van der Waals surface area contributed by atoms with Gasteiger partial charge in [0.25, 0.3) is 0 Å². The summed E-state index contributed by atoms with van der Waals surface area (Å²) in [5, 5.41) is 0. The van der Waals surface area contributed by atoms with Crippen LogP contribution in [0.2, 0.25) is 0 Å². The van der Waals surface area contributed by atoms with Crippen molar-refractivity contribution in [2.24, 2.45) is 0 Å². The van der Waals surface area contributed by atoms with Gasteiger partial charge in [0.2, 0.25) is 0 Å². The van der Waals surface area contributed by atoms with Crippen LogP contribution in [0.1, 0.15) is 1.43 Å². The molecule has 0 aliphatic carbocycles. The zero-order valence-electron chi connectivity index (χ0n) is 3.26. The van der Waals surface area contributed by atoms with E-state index in [-0.39, 0.29) is 81.8 Å². The van der Waals surface area contributed by atoms with Crippen LogP contribution in [0.25, 0.3) is 0 Å². The molecule has 0 aliphatic rings. The average molecular weight is 286 g/mol. The van der Waals surface area contributed by atoms with Crippen molar-refractivity contribution < 1.29 is 70.9 Å². The molecule has 0 aliphatic heterocycles. The quantitative estimate of drug-likeness (QED) is 0.497. The summed E-state index contributed by atoms with van der Waals surface area (Å²) in [7, 11) is 0. The average Bonchev–Trinajstić information content (AvgIpc) is 0. The van der Waals surface area contributed by atoms with Crippen molar-refractivity contribution in [1.82, 2.24) is 0 Å². The van der Waals surface area contributed by atoms with E-state index in [1.54, 1.807) is 0 Å². The zero-order chi connectivity index (χ0) is 0. The molecule has 0 bridgehead atoms. The number of rotatable bonds is 0. The maximum Gasteiger partial charge on any atom is 1.00 e. The zero-order valence-corrected chi connectivity index (χ0v) is 10.0. The minimum atomic E-state index is 0. The molecular formula is H4CoFeLaSi+. The Kier molecular flexibility index (Phi) is 144. The first-order valence-corrected chi connectivity index (χ1v) is 0. The Balaban J connectivity index is 0. The minimum absolute atomic E-state index is 0. The topological polar surface area (TPSA) is 0 Å². The van der Waals surface area contributed by atoms with E-state index in [0.717, 1.165) is 0 Å². The second-order valence-corrected chi connectivity index (χ2v) is 0. The monoisotopic (exact) mass is 286 g/mol. The van der Waals surface area contributed by atoms with Crippen molar-refractivity contribution in [1.29, 1.82) is 0 Å². The van der Waals surface area contributed by atoms with Gasteiger partial charge in [0.15, 0.2) is 0 Å². The Labute approximate surface area is 80.6 Å². The summed E-state index contributed by atoms with van der Waals surface area (Å²) in [6.07, 6.45) is 0. The standard InChI is InChI=1S/Co.Fe.La.H3Si/h;;;1H3/p+1. The third-order valence-electron chi connectivity index (χ3n) is 0. The minimum Gasteiger partial charge on any atom is -0.0125 e. The molecule has 0 N–H and O–H groups in total. The van der Waals surface area contributed by atoms with Crippen LogP contribution in [0.3, 0.4) is 0 Å². The third kappa shape index (κ3) is 8.83. The van der Waals surface area contributed by atoms with E-state index in [4.69, 9.17) is 0 Å². The molecule has 4 heteroatoms. The van der Waals surface area contributed by atoms with Crippen LogP contribution in [0, 0.1) is 35.6 Å². The summed E-state index contributed by atoms with van der Waals surface area (Å²) >= 11 is 0. The van der Waals surface area contributed by atoms with Gasteiger partial charge in [-0.1, -0.05) is 0 Å². The van der Waals surface area contributed by atoms with Gasteiger partial charge in [-0.2, -0.15) is 0 Å². The molecule has 3 radical (unpaired) electrons. The third-order valence-corrected chi connectivity index (χ3v) is 0. The first-order chi connectivity index (χ1) is 0. The van der Waals surface area contributed by atoms with Crippen LogP contribution in [-0.2, 0) is 33.8 Å². The van der Waals surface area contributed by atoms with Crippen LogP contribution in [0.15, 0.2) is 0 Å². The molecule has 0 aromatic rings. The summed E-state index contributed by atoms with van der Waals surface area (Å²) < 4.78 is 0. The van der Waals surface area contributed by atoms with E-state index >= 15 is 0 Å². The van der Waals surface area contributed by atoms with E-state index < -0.39 is 0 Å². The number of hydrogen-bond donors (Lipinski definition) is 0. The Morgan fingerprint density at radius 3 is 1.25 bits per heavy atom. The SMILES string of the molecule is [Co].[Fe].[H+].[La].[SiH3]. The molecule has 0 saturated carbocycles. The molecule has 0 rings (SSSR count). The summed E-state index contributed by atoms with van der Waals surface area (Å²) in [5.41, 5.74) is 0. The summed E-state index contributed by atoms with van der Waals surface area (Å²) in [5.74, 6) is 0. The van der Waals surface area contributed by atoms with Crippen LogP contribution in [0.5, 0.6) is 0 Å². The van der Waals surface area contributed by atoms with Gasteiger partial charge in [0.1, 0.15) is 0 Å². The molecule has 0 aromatic heterocycles. The Hall–Kier alpha value is 2.44. The van der Waals surface area contributed by atoms with E-state index in [9.17, 15) is 0 Å². The van der Waals surface area contributed by atoms with Gasteiger partial charge >= 0.3 is 1.43 Å². The summed E-state index contributed by atoms with van der Waals surface area (Å²) in [6.45, 7) is 0. The molecule has 4 heavy (non-hydrogen) atoms. The van der Waals surface area contributed by atoms with Crippen LogP contribution < -0.4 is 0 Å². The molecule has 27 valence electrons. The van der Waals surface area contributed by atoms with Gasteiger partial charge < -0.3 is 0 Å². The fourth-order valence-electron chi connectivity index (χ4n) is 0. The normalized spacial score (nSPS) is 0. The second-order valence-electron chi connectivity index (χ2n) is 0. The Morgan fingerprint density at radius 2 is 1.25 bits per heavy atom. The van der Waals surface area contributed by atoms with Gasteiger partial charge in [-0.15, -0.1) is 0 Å². The molecule has 0 amide bonds. The van der Waals surface area contributed by atoms with E-state index in [0.29, 0.717) is 0 Å². The molecule has 0 fully saturated rings. The van der Waals surface area contributed by atoms with Gasteiger partial charge in [-0.3, -0.25) is 0 Å². The molecule has 0 unspecified atom stereocenters. The Morgan fingerprint density at radius 1 is 1.25 bits per heavy atom. The Bertz CT molecular complexity index is 11.6. The maximum atomic E-state index is 0. The van der Waals surface area contributed by atoms with Crippen LogP contribution in [-0.4, -0.2) is 11.0 Å². The van der Waals surface area contributed by atoms with E-state index in [1.807, 2.05) is 0 Å². The fourth-order valence-corrected chi connectivity index (χ4v) is 0.